The first-order valence-electron chi connectivity index (χ1n) is 5.73. The highest BCUT2D eigenvalue weighted by atomic mass is 16.4. The molecular formula is C13H15NO2. The molecule has 1 saturated heterocycles. The third-order valence-electron chi connectivity index (χ3n) is 4.13. The molecule has 1 fully saturated rings. The van der Waals surface area contributed by atoms with E-state index in [0.717, 1.165) is 13.0 Å². The average molecular weight is 217 g/mol. The molecule has 1 heterocycles. The molecule has 3 nitrogen and oxygen atoms in total. The molecule has 0 saturated carbocycles. The van der Waals surface area contributed by atoms with E-state index < -0.39 is 11.4 Å². The summed E-state index contributed by atoms with van der Waals surface area (Å²) >= 11 is 0. The number of fused-ring (bicyclic) bond motifs is 2. The molecule has 1 aliphatic carbocycles. The van der Waals surface area contributed by atoms with E-state index >= 15 is 0 Å². The molecule has 0 spiro atoms. The van der Waals surface area contributed by atoms with E-state index in [0.29, 0.717) is 13.0 Å². The molecule has 0 aromatic heterocycles. The lowest BCUT2D eigenvalue weighted by Gasteiger charge is -2.35. The van der Waals surface area contributed by atoms with Crippen LogP contribution in [0.2, 0.25) is 0 Å². The summed E-state index contributed by atoms with van der Waals surface area (Å²) in [4.78, 5) is 11.5. The summed E-state index contributed by atoms with van der Waals surface area (Å²) in [6.07, 6.45) is 1.58. The lowest BCUT2D eigenvalue weighted by molar-refractivity contribution is -0.150. The van der Waals surface area contributed by atoms with Crippen LogP contribution in [0.5, 0.6) is 0 Å². The SMILES string of the molecule is O=C(O)C12CNCC1Cc1ccccc1C2. The van der Waals surface area contributed by atoms with Crippen LogP contribution in [-0.2, 0) is 17.6 Å². The van der Waals surface area contributed by atoms with E-state index in [2.05, 4.69) is 17.4 Å². The van der Waals surface area contributed by atoms with E-state index in [-0.39, 0.29) is 5.92 Å². The number of benzene rings is 1. The summed E-state index contributed by atoms with van der Waals surface area (Å²) in [6, 6.07) is 8.22. The number of hydrogen-bond acceptors (Lipinski definition) is 2. The molecule has 0 bridgehead atoms. The zero-order valence-corrected chi connectivity index (χ0v) is 9.07. The molecule has 84 valence electrons. The van der Waals surface area contributed by atoms with Crippen molar-refractivity contribution >= 4 is 5.97 Å². The molecule has 3 heteroatoms. The average Bonchev–Trinajstić information content (AvgIpc) is 2.69. The second kappa shape index (κ2) is 3.32. The fourth-order valence-corrected chi connectivity index (χ4v) is 3.14. The zero-order chi connectivity index (χ0) is 11.2. The van der Waals surface area contributed by atoms with Gasteiger partial charge in [0.2, 0.25) is 0 Å². The maximum Gasteiger partial charge on any atom is 0.311 e. The fraction of sp³-hybridized carbons (Fsp3) is 0.462. The van der Waals surface area contributed by atoms with Crippen molar-refractivity contribution in [1.29, 1.82) is 0 Å². The first kappa shape index (κ1) is 9.85. The number of aliphatic carboxylic acids is 1. The van der Waals surface area contributed by atoms with E-state index in [4.69, 9.17) is 0 Å². The molecule has 0 amide bonds. The Kier molecular flexibility index (Phi) is 2.04. The monoisotopic (exact) mass is 217 g/mol. The Morgan fingerprint density at radius 2 is 2.12 bits per heavy atom. The van der Waals surface area contributed by atoms with E-state index in [1.54, 1.807) is 0 Å². The number of carboxylic acid groups (broad SMARTS) is 1. The minimum atomic E-state index is -0.642. The van der Waals surface area contributed by atoms with Crippen molar-refractivity contribution in [1.82, 2.24) is 5.32 Å². The van der Waals surface area contributed by atoms with Crippen molar-refractivity contribution in [3.63, 3.8) is 0 Å². The van der Waals surface area contributed by atoms with Crippen LogP contribution in [0.1, 0.15) is 11.1 Å². The summed E-state index contributed by atoms with van der Waals surface area (Å²) in [5, 5.41) is 12.7. The van der Waals surface area contributed by atoms with Crippen LogP contribution in [0, 0.1) is 11.3 Å². The minimum Gasteiger partial charge on any atom is -0.481 e. The Balaban J connectivity index is 2.06. The van der Waals surface area contributed by atoms with E-state index in [9.17, 15) is 9.90 Å². The van der Waals surface area contributed by atoms with Gasteiger partial charge in [0.25, 0.3) is 0 Å². The highest BCUT2D eigenvalue weighted by molar-refractivity contribution is 5.77. The Bertz CT molecular complexity index is 443. The van der Waals surface area contributed by atoms with Crippen LogP contribution >= 0.6 is 0 Å². The number of hydrogen-bond donors (Lipinski definition) is 2. The number of carbonyl (C=O) groups is 1. The molecule has 2 N–H and O–H groups in total. The standard InChI is InChI=1S/C13H15NO2/c15-12(16)13-6-10-4-2-1-3-9(10)5-11(13)7-14-8-13/h1-4,11,14H,5-8H2,(H,15,16). The van der Waals surface area contributed by atoms with Gasteiger partial charge in [0.1, 0.15) is 0 Å². The van der Waals surface area contributed by atoms with Gasteiger partial charge in [0, 0.05) is 6.54 Å². The zero-order valence-electron chi connectivity index (χ0n) is 9.07. The maximum atomic E-state index is 11.5. The van der Waals surface area contributed by atoms with Gasteiger partial charge in [-0.05, 0) is 36.4 Å². The molecule has 1 aliphatic heterocycles. The molecule has 1 aromatic carbocycles. The van der Waals surface area contributed by atoms with Crippen molar-refractivity contribution in [3.8, 4) is 0 Å². The number of rotatable bonds is 1. The van der Waals surface area contributed by atoms with Crippen molar-refractivity contribution in [2.75, 3.05) is 13.1 Å². The van der Waals surface area contributed by atoms with Gasteiger partial charge in [-0.3, -0.25) is 4.79 Å². The lowest BCUT2D eigenvalue weighted by atomic mass is 9.66. The van der Waals surface area contributed by atoms with Crippen LogP contribution in [0.3, 0.4) is 0 Å². The first-order chi connectivity index (χ1) is 7.72. The van der Waals surface area contributed by atoms with Gasteiger partial charge in [-0.1, -0.05) is 24.3 Å². The quantitative estimate of drug-likeness (QED) is 0.740. The molecule has 16 heavy (non-hydrogen) atoms. The van der Waals surface area contributed by atoms with E-state index in [1.165, 1.54) is 11.1 Å². The van der Waals surface area contributed by atoms with E-state index in [1.807, 2.05) is 12.1 Å². The topological polar surface area (TPSA) is 49.3 Å². The first-order valence-corrected chi connectivity index (χ1v) is 5.73. The number of nitrogens with one attached hydrogen (secondary N) is 1. The fourth-order valence-electron chi connectivity index (χ4n) is 3.14. The molecule has 0 radical (unpaired) electrons. The Hall–Kier alpha value is -1.35. The van der Waals surface area contributed by atoms with Gasteiger partial charge in [-0.25, -0.2) is 0 Å². The van der Waals surface area contributed by atoms with Gasteiger partial charge >= 0.3 is 5.97 Å². The van der Waals surface area contributed by atoms with Crippen LogP contribution in [0.25, 0.3) is 0 Å². The molecule has 2 atom stereocenters. The van der Waals surface area contributed by atoms with Crippen molar-refractivity contribution in [2.45, 2.75) is 12.8 Å². The van der Waals surface area contributed by atoms with Crippen molar-refractivity contribution in [2.24, 2.45) is 11.3 Å². The summed E-state index contributed by atoms with van der Waals surface area (Å²) in [7, 11) is 0. The summed E-state index contributed by atoms with van der Waals surface area (Å²) in [6.45, 7) is 1.45. The Morgan fingerprint density at radius 3 is 2.88 bits per heavy atom. The second-order valence-electron chi connectivity index (χ2n) is 4.94. The highest BCUT2D eigenvalue weighted by Gasteiger charge is 2.51. The summed E-state index contributed by atoms with van der Waals surface area (Å²) in [5.74, 6) is -0.392. The van der Waals surface area contributed by atoms with Crippen molar-refractivity contribution < 1.29 is 9.90 Å². The Morgan fingerprint density at radius 1 is 1.38 bits per heavy atom. The predicted octanol–water partition coefficient (Wildman–Crippen LogP) is 1.08. The Labute approximate surface area is 94.5 Å². The normalized spacial score (nSPS) is 31.9. The van der Waals surface area contributed by atoms with Crippen LogP contribution in [0.15, 0.2) is 24.3 Å². The van der Waals surface area contributed by atoms with Crippen LogP contribution < -0.4 is 5.32 Å². The van der Waals surface area contributed by atoms with Crippen LogP contribution in [-0.4, -0.2) is 24.2 Å². The maximum absolute atomic E-state index is 11.5. The molecule has 2 unspecified atom stereocenters. The third-order valence-corrected chi connectivity index (χ3v) is 4.13. The van der Waals surface area contributed by atoms with Gasteiger partial charge in [0.05, 0.1) is 5.41 Å². The van der Waals surface area contributed by atoms with Crippen LogP contribution in [0.4, 0.5) is 0 Å². The highest BCUT2D eigenvalue weighted by Crippen LogP contribution is 2.42. The second-order valence-corrected chi connectivity index (χ2v) is 4.94. The molecule has 3 rings (SSSR count). The molecular weight excluding hydrogens is 202 g/mol. The summed E-state index contributed by atoms with van der Waals surface area (Å²) in [5.41, 5.74) is 1.98. The smallest absolute Gasteiger partial charge is 0.311 e. The van der Waals surface area contributed by atoms with Gasteiger partial charge in [-0.15, -0.1) is 0 Å². The largest absolute Gasteiger partial charge is 0.481 e. The minimum absolute atomic E-state index is 0.250. The van der Waals surface area contributed by atoms with Crippen molar-refractivity contribution in [3.05, 3.63) is 35.4 Å². The number of carboxylic acids is 1. The predicted molar refractivity (Wildman–Crippen MR) is 60.3 cm³/mol. The van der Waals surface area contributed by atoms with Gasteiger partial charge < -0.3 is 10.4 Å². The van der Waals surface area contributed by atoms with Gasteiger partial charge in [-0.2, -0.15) is 0 Å². The molecule has 2 aliphatic rings. The van der Waals surface area contributed by atoms with Gasteiger partial charge in [0.15, 0.2) is 0 Å². The lowest BCUT2D eigenvalue weighted by Crippen LogP contribution is -2.44. The summed E-state index contributed by atoms with van der Waals surface area (Å²) < 4.78 is 0. The third kappa shape index (κ3) is 1.21. The molecule has 1 aromatic rings.